The van der Waals surface area contributed by atoms with E-state index < -0.39 is 5.91 Å². The van der Waals surface area contributed by atoms with Gasteiger partial charge in [0.15, 0.2) is 10.1 Å². The van der Waals surface area contributed by atoms with Crippen molar-refractivity contribution in [2.45, 2.75) is 0 Å². The molecule has 2 aromatic rings. The summed E-state index contributed by atoms with van der Waals surface area (Å²) in [4.78, 5) is 15.4. The van der Waals surface area contributed by atoms with E-state index in [2.05, 4.69) is 4.98 Å². The molecule has 0 radical (unpaired) electrons. The summed E-state index contributed by atoms with van der Waals surface area (Å²) in [5, 5.41) is 2.26. The Morgan fingerprint density at radius 2 is 2.50 bits per heavy atom. The molecule has 2 aromatic heterocycles. The van der Waals surface area contributed by atoms with E-state index in [1.165, 1.54) is 17.4 Å². The van der Waals surface area contributed by atoms with E-state index in [9.17, 15) is 4.79 Å². The zero-order chi connectivity index (χ0) is 10.1. The molecule has 72 valence electrons. The van der Waals surface area contributed by atoms with Crippen molar-refractivity contribution in [2.75, 3.05) is 0 Å². The van der Waals surface area contributed by atoms with Crippen molar-refractivity contribution in [3.05, 3.63) is 28.5 Å². The van der Waals surface area contributed by atoms with Gasteiger partial charge in [0.25, 0.3) is 0 Å². The number of thiazole rings is 1. The molecule has 0 unspecified atom stereocenters. The van der Waals surface area contributed by atoms with Crippen LogP contribution in [0.1, 0.15) is 5.69 Å². The molecule has 2 rings (SSSR count). The lowest BCUT2D eigenvalue weighted by atomic mass is 10.4. The van der Waals surface area contributed by atoms with Gasteiger partial charge in [-0.3, -0.25) is 9.20 Å². The lowest BCUT2D eigenvalue weighted by Gasteiger charge is -1.89. The van der Waals surface area contributed by atoms with E-state index >= 15 is 0 Å². The first-order valence-electron chi connectivity index (χ1n) is 3.77. The second kappa shape index (κ2) is 3.43. The average molecular weight is 228 g/mol. The van der Waals surface area contributed by atoms with E-state index in [4.69, 9.17) is 17.3 Å². The minimum atomic E-state index is -0.508. The number of fused-ring (bicyclic) bond motifs is 1. The number of aromatic nitrogens is 2. The number of primary amides is 1. The number of halogens is 1. The number of hydrogen-bond acceptors (Lipinski definition) is 3. The fourth-order valence-electron chi connectivity index (χ4n) is 1.09. The summed E-state index contributed by atoms with van der Waals surface area (Å²) in [5.74, 6) is -0.508. The summed E-state index contributed by atoms with van der Waals surface area (Å²) in [7, 11) is 0. The van der Waals surface area contributed by atoms with Crippen LogP contribution in [0, 0.1) is 0 Å². The predicted molar refractivity (Wildman–Crippen MR) is 56.3 cm³/mol. The first-order valence-corrected chi connectivity index (χ1v) is 5.03. The topological polar surface area (TPSA) is 60.4 Å². The SMILES string of the molecule is NC(=O)/C=C/c1c(Cl)nc2sccn12. The second-order valence-corrected chi connectivity index (χ2v) is 3.81. The molecule has 1 amide bonds. The highest BCUT2D eigenvalue weighted by atomic mass is 35.5. The Labute approximate surface area is 88.6 Å². The number of amides is 1. The summed E-state index contributed by atoms with van der Waals surface area (Å²) in [6.45, 7) is 0. The number of nitrogens with zero attached hydrogens (tertiary/aromatic N) is 2. The largest absolute Gasteiger partial charge is 0.366 e. The van der Waals surface area contributed by atoms with Gasteiger partial charge < -0.3 is 5.73 Å². The summed E-state index contributed by atoms with van der Waals surface area (Å²) in [5.41, 5.74) is 5.65. The van der Waals surface area contributed by atoms with E-state index in [1.807, 2.05) is 11.6 Å². The number of hydrogen-bond donors (Lipinski definition) is 1. The van der Waals surface area contributed by atoms with Crippen LogP contribution in [0.15, 0.2) is 17.7 Å². The molecule has 0 aliphatic rings. The molecule has 6 heteroatoms. The van der Waals surface area contributed by atoms with Crippen LogP contribution in [0.4, 0.5) is 0 Å². The van der Waals surface area contributed by atoms with E-state index in [0.717, 1.165) is 4.96 Å². The van der Waals surface area contributed by atoms with Crippen molar-refractivity contribution in [1.29, 1.82) is 0 Å². The summed E-state index contributed by atoms with van der Waals surface area (Å²) >= 11 is 7.34. The average Bonchev–Trinajstić information content (AvgIpc) is 2.61. The third-order valence-corrected chi connectivity index (χ3v) is 2.69. The zero-order valence-corrected chi connectivity index (χ0v) is 8.55. The fraction of sp³-hybridized carbons (Fsp3) is 0. The standard InChI is InChI=1S/C8H6ClN3OS/c9-7-5(1-2-6(10)13)12-3-4-14-8(12)11-7/h1-4H,(H2,10,13)/b2-1+. The number of imidazole rings is 1. The highest BCUT2D eigenvalue weighted by Crippen LogP contribution is 2.22. The van der Waals surface area contributed by atoms with Gasteiger partial charge in [0.2, 0.25) is 5.91 Å². The Kier molecular flexibility index (Phi) is 2.26. The molecule has 0 atom stereocenters. The van der Waals surface area contributed by atoms with Gasteiger partial charge in [-0.15, -0.1) is 11.3 Å². The Morgan fingerprint density at radius 1 is 1.71 bits per heavy atom. The van der Waals surface area contributed by atoms with Crippen LogP contribution < -0.4 is 5.73 Å². The molecule has 4 nitrogen and oxygen atoms in total. The lowest BCUT2D eigenvalue weighted by Crippen LogP contribution is -2.05. The molecule has 0 aromatic carbocycles. The number of nitrogens with two attached hydrogens (primary N) is 1. The normalized spacial score (nSPS) is 11.5. The monoisotopic (exact) mass is 227 g/mol. The van der Waals surface area contributed by atoms with Gasteiger partial charge in [0, 0.05) is 17.7 Å². The van der Waals surface area contributed by atoms with E-state index in [-0.39, 0.29) is 0 Å². The third-order valence-electron chi connectivity index (χ3n) is 1.66. The summed E-state index contributed by atoms with van der Waals surface area (Å²) in [6, 6.07) is 0. The van der Waals surface area contributed by atoms with Crippen LogP contribution in [-0.2, 0) is 4.79 Å². The number of carbonyl (C=O) groups excluding carboxylic acids is 1. The van der Waals surface area contributed by atoms with Crippen molar-refractivity contribution in [1.82, 2.24) is 9.38 Å². The maximum Gasteiger partial charge on any atom is 0.241 e. The molecule has 0 aliphatic carbocycles. The molecule has 14 heavy (non-hydrogen) atoms. The van der Waals surface area contributed by atoms with Crippen LogP contribution in [0.2, 0.25) is 5.15 Å². The minimum Gasteiger partial charge on any atom is -0.366 e. The van der Waals surface area contributed by atoms with Crippen LogP contribution in [0.3, 0.4) is 0 Å². The summed E-state index contributed by atoms with van der Waals surface area (Å²) < 4.78 is 1.80. The fourth-order valence-corrected chi connectivity index (χ4v) is 2.09. The van der Waals surface area contributed by atoms with Crippen molar-refractivity contribution in [3.63, 3.8) is 0 Å². The molecule has 0 fully saturated rings. The Hall–Kier alpha value is -1.33. The minimum absolute atomic E-state index is 0.370. The highest BCUT2D eigenvalue weighted by molar-refractivity contribution is 7.15. The van der Waals surface area contributed by atoms with Gasteiger partial charge in [-0.1, -0.05) is 11.6 Å². The molecule has 0 saturated heterocycles. The maximum atomic E-state index is 10.5. The van der Waals surface area contributed by atoms with E-state index in [1.54, 1.807) is 10.5 Å². The predicted octanol–water partition coefficient (Wildman–Crippen LogP) is 1.55. The van der Waals surface area contributed by atoms with Crippen LogP contribution in [0.5, 0.6) is 0 Å². The van der Waals surface area contributed by atoms with Gasteiger partial charge in [-0.25, -0.2) is 4.98 Å². The molecular formula is C8H6ClN3OS. The quantitative estimate of drug-likeness (QED) is 0.792. The van der Waals surface area contributed by atoms with Crippen molar-refractivity contribution in [2.24, 2.45) is 5.73 Å². The number of rotatable bonds is 2. The maximum absolute atomic E-state index is 10.5. The molecule has 2 heterocycles. The molecule has 0 spiro atoms. The van der Waals surface area contributed by atoms with Crippen LogP contribution in [0.25, 0.3) is 11.0 Å². The van der Waals surface area contributed by atoms with E-state index in [0.29, 0.717) is 10.8 Å². The van der Waals surface area contributed by atoms with Gasteiger partial charge in [0.1, 0.15) is 0 Å². The number of carbonyl (C=O) groups is 1. The molecule has 0 saturated carbocycles. The first kappa shape index (κ1) is 9.23. The van der Waals surface area contributed by atoms with Crippen LogP contribution >= 0.6 is 22.9 Å². The molecule has 2 N–H and O–H groups in total. The Morgan fingerprint density at radius 3 is 3.21 bits per heavy atom. The second-order valence-electron chi connectivity index (χ2n) is 2.58. The molecular weight excluding hydrogens is 222 g/mol. The lowest BCUT2D eigenvalue weighted by molar-refractivity contribution is -0.113. The zero-order valence-electron chi connectivity index (χ0n) is 6.98. The van der Waals surface area contributed by atoms with Crippen molar-refractivity contribution >= 4 is 39.9 Å². The van der Waals surface area contributed by atoms with Crippen molar-refractivity contribution < 1.29 is 4.79 Å². The molecule has 0 bridgehead atoms. The third kappa shape index (κ3) is 1.51. The molecule has 0 aliphatic heterocycles. The van der Waals surface area contributed by atoms with Gasteiger partial charge in [-0.2, -0.15) is 0 Å². The van der Waals surface area contributed by atoms with Gasteiger partial charge >= 0.3 is 0 Å². The first-order chi connectivity index (χ1) is 6.68. The Bertz CT molecular complexity index is 514. The van der Waals surface area contributed by atoms with Gasteiger partial charge in [-0.05, 0) is 6.08 Å². The highest BCUT2D eigenvalue weighted by Gasteiger charge is 2.07. The van der Waals surface area contributed by atoms with Gasteiger partial charge in [0.05, 0.1) is 5.69 Å². The Balaban J connectivity index is 2.54. The van der Waals surface area contributed by atoms with Crippen LogP contribution in [-0.4, -0.2) is 15.3 Å². The smallest absolute Gasteiger partial charge is 0.241 e. The van der Waals surface area contributed by atoms with Crippen molar-refractivity contribution in [3.8, 4) is 0 Å². The summed E-state index contributed by atoms with van der Waals surface area (Å²) in [6.07, 6.45) is 4.64.